The van der Waals surface area contributed by atoms with Crippen molar-refractivity contribution >= 4 is 38.7 Å². The summed E-state index contributed by atoms with van der Waals surface area (Å²) in [5, 5.41) is 6.08. The van der Waals surface area contributed by atoms with Crippen LogP contribution in [0.3, 0.4) is 0 Å². The van der Waals surface area contributed by atoms with Crippen LogP contribution in [-0.2, 0) is 0 Å². The number of nitrogens with one attached hydrogen (secondary N) is 1. The summed E-state index contributed by atoms with van der Waals surface area (Å²) in [4.78, 5) is 12.2. The van der Waals surface area contributed by atoms with Gasteiger partial charge in [-0.1, -0.05) is 0 Å². The molecule has 0 radical (unpaired) electrons. The minimum Gasteiger partial charge on any atom is -0.399 e. The van der Waals surface area contributed by atoms with Crippen LogP contribution in [0.2, 0.25) is 0 Å². The first-order valence-electron chi connectivity index (χ1n) is 6.27. The van der Waals surface area contributed by atoms with E-state index < -0.39 is 0 Å². The molecular weight excluding hydrogens is 268 g/mol. The maximum absolute atomic E-state index is 12.2. The van der Waals surface area contributed by atoms with Gasteiger partial charge in [0.1, 0.15) is 0 Å². The highest BCUT2D eigenvalue weighted by atomic mass is 32.1. The summed E-state index contributed by atoms with van der Waals surface area (Å²) in [7, 11) is 0. The molecule has 0 aliphatic carbocycles. The average Bonchev–Trinajstić information content (AvgIpc) is 2.85. The summed E-state index contributed by atoms with van der Waals surface area (Å²) >= 11 is 1.69. The third-order valence-electron chi connectivity index (χ3n) is 3.07. The van der Waals surface area contributed by atoms with Crippen LogP contribution in [0.5, 0.6) is 0 Å². The number of aryl methyl sites for hydroxylation is 1. The number of hydrogen-bond donors (Lipinski definition) is 2. The lowest BCUT2D eigenvalue weighted by Crippen LogP contribution is -2.12. The van der Waals surface area contributed by atoms with Gasteiger partial charge in [0, 0.05) is 21.6 Å². The van der Waals surface area contributed by atoms with Gasteiger partial charge < -0.3 is 11.1 Å². The molecule has 20 heavy (non-hydrogen) atoms. The van der Waals surface area contributed by atoms with Crippen LogP contribution in [0.25, 0.3) is 10.1 Å². The molecule has 3 nitrogen and oxygen atoms in total. The standard InChI is InChI=1S/C16H14N2OS/c1-10-6-12(8-13(17)7-10)16(19)18-14-2-3-15-11(9-14)4-5-20-15/h2-9H,17H2,1H3,(H,18,19). The van der Waals surface area contributed by atoms with Crippen LogP contribution < -0.4 is 11.1 Å². The highest BCUT2D eigenvalue weighted by Gasteiger charge is 2.08. The Morgan fingerprint density at radius 1 is 1.15 bits per heavy atom. The number of fused-ring (bicyclic) bond motifs is 1. The third kappa shape index (κ3) is 2.51. The van der Waals surface area contributed by atoms with E-state index in [0.717, 1.165) is 16.6 Å². The molecule has 0 spiro atoms. The second-order valence-corrected chi connectivity index (χ2v) is 5.71. The predicted octanol–water partition coefficient (Wildman–Crippen LogP) is 4.04. The number of nitrogen functional groups attached to an aromatic ring is 1. The van der Waals surface area contributed by atoms with Crippen molar-refractivity contribution in [1.29, 1.82) is 0 Å². The predicted molar refractivity (Wildman–Crippen MR) is 85.4 cm³/mol. The second-order valence-electron chi connectivity index (χ2n) is 4.76. The van der Waals surface area contributed by atoms with Crippen molar-refractivity contribution in [3.8, 4) is 0 Å². The van der Waals surface area contributed by atoms with Crippen molar-refractivity contribution in [1.82, 2.24) is 0 Å². The Morgan fingerprint density at radius 2 is 2.00 bits per heavy atom. The van der Waals surface area contributed by atoms with E-state index >= 15 is 0 Å². The van der Waals surface area contributed by atoms with Gasteiger partial charge in [-0.25, -0.2) is 0 Å². The number of rotatable bonds is 2. The largest absolute Gasteiger partial charge is 0.399 e. The van der Waals surface area contributed by atoms with E-state index in [4.69, 9.17) is 5.73 Å². The number of amides is 1. The molecule has 0 saturated carbocycles. The van der Waals surface area contributed by atoms with E-state index in [0.29, 0.717) is 11.3 Å². The number of hydrogen-bond acceptors (Lipinski definition) is 3. The van der Waals surface area contributed by atoms with Crippen LogP contribution in [0.4, 0.5) is 11.4 Å². The molecule has 4 heteroatoms. The van der Waals surface area contributed by atoms with Crippen LogP contribution >= 0.6 is 11.3 Å². The van der Waals surface area contributed by atoms with Crippen LogP contribution in [0.1, 0.15) is 15.9 Å². The second kappa shape index (κ2) is 4.98. The zero-order valence-electron chi connectivity index (χ0n) is 11.0. The van der Waals surface area contributed by atoms with Gasteiger partial charge in [0.25, 0.3) is 5.91 Å². The Bertz CT molecular complexity index is 772. The van der Waals surface area contributed by atoms with E-state index in [1.807, 2.05) is 48.7 Å². The number of nitrogens with two attached hydrogens (primary N) is 1. The quantitative estimate of drug-likeness (QED) is 0.697. The van der Waals surface area contributed by atoms with Gasteiger partial charge in [-0.15, -0.1) is 11.3 Å². The molecule has 1 aromatic heterocycles. The summed E-state index contributed by atoms with van der Waals surface area (Å²) in [6, 6.07) is 13.3. The SMILES string of the molecule is Cc1cc(N)cc(C(=O)Nc2ccc3sccc3c2)c1. The van der Waals surface area contributed by atoms with Crippen molar-refractivity contribution < 1.29 is 4.79 Å². The first-order chi connectivity index (χ1) is 9.61. The summed E-state index contributed by atoms with van der Waals surface area (Å²) in [5.41, 5.74) is 8.72. The molecule has 3 aromatic rings. The number of carbonyl (C=O) groups is 1. The summed E-state index contributed by atoms with van der Waals surface area (Å²) in [6.45, 7) is 1.92. The van der Waals surface area contributed by atoms with Gasteiger partial charge in [0.15, 0.2) is 0 Å². The Kier molecular flexibility index (Phi) is 3.16. The smallest absolute Gasteiger partial charge is 0.255 e. The Hall–Kier alpha value is -2.33. The lowest BCUT2D eigenvalue weighted by Gasteiger charge is -2.07. The fraction of sp³-hybridized carbons (Fsp3) is 0.0625. The zero-order valence-corrected chi connectivity index (χ0v) is 11.8. The first kappa shape index (κ1) is 12.7. The summed E-state index contributed by atoms with van der Waals surface area (Å²) in [6.07, 6.45) is 0. The number of benzene rings is 2. The monoisotopic (exact) mass is 282 g/mol. The molecule has 0 saturated heterocycles. The molecule has 100 valence electrons. The fourth-order valence-corrected chi connectivity index (χ4v) is 2.96. The van der Waals surface area contributed by atoms with Crippen LogP contribution in [-0.4, -0.2) is 5.91 Å². The van der Waals surface area contributed by atoms with Gasteiger partial charge in [-0.2, -0.15) is 0 Å². The van der Waals surface area contributed by atoms with E-state index in [1.165, 1.54) is 4.70 Å². The Morgan fingerprint density at radius 3 is 2.80 bits per heavy atom. The molecule has 0 fully saturated rings. The van der Waals surface area contributed by atoms with Gasteiger partial charge in [-0.3, -0.25) is 4.79 Å². The van der Waals surface area contributed by atoms with Crippen molar-refractivity contribution in [3.05, 3.63) is 59.0 Å². The fourth-order valence-electron chi connectivity index (χ4n) is 2.19. The van der Waals surface area contributed by atoms with E-state index in [-0.39, 0.29) is 5.91 Å². The van der Waals surface area contributed by atoms with Crippen LogP contribution in [0, 0.1) is 6.92 Å². The summed E-state index contributed by atoms with van der Waals surface area (Å²) < 4.78 is 1.21. The topological polar surface area (TPSA) is 55.1 Å². The van der Waals surface area contributed by atoms with Crippen molar-refractivity contribution in [2.45, 2.75) is 6.92 Å². The average molecular weight is 282 g/mol. The third-order valence-corrected chi connectivity index (χ3v) is 3.97. The number of anilines is 2. The first-order valence-corrected chi connectivity index (χ1v) is 7.15. The van der Waals surface area contributed by atoms with E-state index in [9.17, 15) is 4.79 Å². The molecule has 3 N–H and O–H groups in total. The molecule has 2 aromatic carbocycles. The number of thiophene rings is 1. The highest BCUT2D eigenvalue weighted by Crippen LogP contribution is 2.24. The minimum atomic E-state index is -0.144. The van der Waals surface area contributed by atoms with Gasteiger partial charge >= 0.3 is 0 Å². The molecule has 0 atom stereocenters. The molecule has 0 bridgehead atoms. The maximum atomic E-state index is 12.2. The zero-order chi connectivity index (χ0) is 14.1. The summed E-state index contributed by atoms with van der Waals surface area (Å²) in [5.74, 6) is -0.144. The molecule has 1 amide bonds. The molecule has 3 rings (SSSR count). The van der Waals surface area contributed by atoms with Gasteiger partial charge in [0.05, 0.1) is 0 Å². The Labute approximate surface area is 121 Å². The van der Waals surface area contributed by atoms with Crippen molar-refractivity contribution in [2.75, 3.05) is 11.1 Å². The van der Waals surface area contributed by atoms with Crippen molar-refractivity contribution in [2.24, 2.45) is 0 Å². The van der Waals surface area contributed by atoms with Gasteiger partial charge in [-0.05, 0) is 65.7 Å². The highest BCUT2D eigenvalue weighted by molar-refractivity contribution is 7.17. The van der Waals surface area contributed by atoms with Gasteiger partial charge in [0.2, 0.25) is 0 Å². The maximum Gasteiger partial charge on any atom is 0.255 e. The lowest BCUT2D eigenvalue weighted by molar-refractivity contribution is 0.102. The molecule has 0 aliphatic rings. The Balaban J connectivity index is 1.87. The van der Waals surface area contributed by atoms with Crippen molar-refractivity contribution in [3.63, 3.8) is 0 Å². The molecular formula is C16H14N2OS. The van der Waals surface area contributed by atoms with Crippen LogP contribution in [0.15, 0.2) is 47.8 Å². The minimum absolute atomic E-state index is 0.144. The van der Waals surface area contributed by atoms with E-state index in [2.05, 4.69) is 5.32 Å². The molecule has 1 heterocycles. The van der Waals surface area contributed by atoms with E-state index in [1.54, 1.807) is 17.4 Å². The molecule has 0 unspecified atom stereocenters. The lowest BCUT2D eigenvalue weighted by atomic mass is 10.1. The number of carbonyl (C=O) groups excluding carboxylic acids is 1. The normalized spacial score (nSPS) is 10.7. The molecule has 0 aliphatic heterocycles.